The van der Waals surface area contributed by atoms with Gasteiger partial charge in [-0.05, 0) is 12.5 Å². The lowest BCUT2D eigenvalue weighted by Crippen LogP contribution is -2.14. The van der Waals surface area contributed by atoms with Gasteiger partial charge in [-0.15, -0.1) is 0 Å². The summed E-state index contributed by atoms with van der Waals surface area (Å²) in [6.45, 7) is 3.72. The number of hydrogen-bond donors (Lipinski definition) is 1. The van der Waals surface area contributed by atoms with Gasteiger partial charge in [0.1, 0.15) is 0 Å². The van der Waals surface area contributed by atoms with E-state index in [0.717, 1.165) is 30.9 Å². The number of benzene rings is 1. The molecule has 0 aliphatic carbocycles. The van der Waals surface area contributed by atoms with Gasteiger partial charge in [0.25, 0.3) is 0 Å². The number of nitrogens with zero attached hydrogens (tertiary/aromatic N) is 4. The van der Waals surface area contributed by atoms with Crippen molar-refractivity contribution in [3.05, 3.63) is 47.4 Å². The van der Waals surface area contributed by atoms with Crippen molar-refractivity contribution in [3.63, 3.8) is 0 Å². The monoisotopic (exact) mass is 283 g/mol. The van der Waals surface area contributed by atoms with Crippen molar-refractivity contribution in [1.29, 1.82) is 0 Å². The van der Waals surface area contributed by atoms with E-state index in [9.17, 15) is 0 Å². The number of aryl methyl sites for hydroxylation is 3. The Hall–Kier alpha value is -2.14. The second-order valence-electron chi connectivity index (χ2n) is 5.32. The van der Waals surface area contributed by atoms with Crippen LogP contribution in [0.5, 0.6) is 0 Å². The third-order valence-corrected chi connectivity index (χ3v) is 3.77. The maximum Gasteiger partial charge on any atom is 0.0841 e. The van der Waals surface area contributed by atoms with Crippen LogP contribution in [0.4, 0.5) is 0 Å². The van der Waals surface area contributed by atoms with Gasteiger partial charge in [0.15, 0.2) is 0 Å². The van der Waals surface area contributed by atoms with Gasteiger partial charge in [0.2, 0.25) is 0 Å². The van der Waals surface area contributed by atoms with Crippen molar-refractivity contribution in [2.45, 2.75) is 26.4 Å². The number of fused-ring (bicyclic) bond motifs is 1. The zero-order valence-corrected chi connectivity index (χ0v) is 12.8. The molecule has 0 aliphatic heterocycles. The van der Waals surface area contributed by atoms with Gasteiger partial charge < -0.3 is 5.32 Å². The van der Waals surface area contributed by atoms with E-state index in [1.54, 1.807) is 0 Å². The third kappa shape index (κ3) is 2.69. The van der Waals surface area contributed by atoms with E-state index >= 15 is 0 Å². The van der Waals surface area contributed by atoms with Crippen molar-refractivity contribution in [3.8, 4) is 0 Å². The minimum atomic E-state index is 0.763. The Bertz CT molecular complexity index is 753. The molecule has 0 fully saturated rings. The Labute approximate surface area is 124 Å². The number of hydrogen-bond acceptors (Lipinski definition) is 3. The molecule has 5 nitrogen and oxygen atoms in total. The van der Waals surface area contributed by atoms with Gasteiger partial charge in [0.05, 0.1) is 16.9 Å². The molecule has 0 atom stereocenters. The highest BCUT2D eigenvalue weighted by Gasteiger charge is 2.09. The summed E-state index contributed by atoms with van der Waals surface area (Å²) in [7, 11) is 3.96. The van der Waals surface area contributed by atoms with E-state index < -0.39 is 0 Å². The largest absolute Gasteiger partial charge is 0.307 e. The van der Waals surface area contributed by atoms with Crippen LogP contribution in [-0.2, 0) is 33.6 Å². The molecule has 0 unspecified atom stereocenters. The summed E-state index contributed by atoms with van der Waals surface area (Å²) in [5.41, 5.74) is 4.69. The number of para-hydroxylation sites is 1. The van der Waals surface area contributed by atoms with E-state index in [1.165, 1.54) is 16.5 Å². The first kappa shape index (κ1) is 13.8. The van der Waals surface area contributed by atoms with Crippen LogP contribution in [0.25, 0.3) is 10.9 Å². The van der Waals surface area contributed by atoms with Gasteiger partial charge in [-0.1, -0.05) is 25.1 Å². The van der Waals surface area contributed by atoms with Crippen LogP contribution < -0.4 is 5.32 Å². The first-order chi connectivity index (χ1) is 10.2. The van der Waals surface area contributed by atoms with Gasteiger partial charge in [0, 0.05) is 44.3 Å². The minimum Gasteiger partial charge on any atom is -0.307 e. The highest BCUT2D eigenvalue weighted by molar-refractivity contribution is 5.81. The Morgan fingerprint density at radius 3 is 2.67 bits per heavy atom. The first-order valence-electron chi connectivity index (χ1n) is 7.31. The van der Waals surface area contributed by atoms with E-state index in [-0.39, 0.29) is 0 Å². The summed E-state index contributed by atoms with van der Waals surface area (Å²) in [4.78, 5) is 0. The summed E-state index contributed by atoms with van der Waals surface area (Å²) in [5.74, 6) is 0. The van der Waals surface area contributed by atoms with Crippen molar-refractivity contribution in [2.24, 2.45) is 14.1 Å². The molecule has 2 heterocycles. The fourth-order valence-electron chi connectivity index (χ4n) is 2.76. The molecule has 110 valence electrons. The summed E-state index contributed by atoms with van der Waals surface area (Å²) in [6, 6.07) is 8.33. The van der Waals surface area contributed by atoms with Crippen molar-refractivity contribution >= 4 is 10.9 Å². The Kier molecular flexibility index (Phi) is 3.75. The van der Waals surface area contributed by atoms with Crippen LogP contribution in [-0.4, -0.2) is 19.6 Å². The fraction of sp³-hybridized carbons (Fsp3) is 0.375. The molecule has 0 radical (unpaired) electrons. The zero-order valence-electron chi connectivity index (χ0n) is 12.8. The Morgan fingerprint density at radius 2 is 1.86 bits per heavy atom. The molecule has 21 heavy (non-hydrogen) atoms. The molecule has 0 saturated carbocycles. The molecule has 0 saturated heterocycles. The Morgan fingerprint density at radius 1 is 1.05 bits per heavy atom. The second-order valence-corrected chi connectivity index (χ2v) is 5.32. The topological polar surface area (TPSA) is 47.7 Å². The quantitative estimate of drug-likeness (QED) is 0.780. The molecular formula is C16H21N5. The van der Waals surface area contributed by atoms with Crippen LogP contribution in [0.3, 0.4) is 0 Å². The van der Waals surface area contributed by atoms with Crippen LogP contribution >= 0.6 is 0 Å². The lowest BCUT2D eigenvalue weighted by Gasteiger charge is -2.02. The van der Waals surface area contributed by atoms with Crippen LogP contribution in [0.1, 0.15) is 23.9 Å². The molecule has 5 heteroatoms. The van der Waals surface area contributed by atoms with Crippen LogP contribution in [0.2, 0.25) is 0 Å². The summed E-state index contributed by atoms with van der Waals surface area (Å²) >= 11 is 0. The molecular weight excluding hydrogens is 262 g/mol. The standard InChI is InChI=1S/C16H21N5/c1-4-14-12(11-20(2)18-14)9-17-10-15-13-7-5-6-8-16(13)21(3)19-15/h5-8,11,17H,4,9-10H2,1-3H3. The zero-order chi connectivity index (χ0) is 14.8. The first-order valence-corrected chi connectivity index (χ1v) is 7.31. The van der Waals surface area contributed by atoms with Crippen molar-refractivity contribution in [1.82, 2.24) is 24.9 Å². The SMILES string of the molecule is CCc1nn(C)cc1CNCc1nn(C)c2ccccc12. The number of rotatable bonds is 5. The van der Waals surface area contributed by atoms with Gasteiger partial charge in [-0.25, -0.2) is 0 Å². The summed E-state index contributed by atoms with van der Waals surface area (Å²) in [5, 5.41) is 13.8. The summed E-state index contributed by atoms with van der Waals surface area (Å²) in [6.07, 6.45) is 3.05. The summed E-state index contributed by atoms with van der Waals surface area (Å²) < 4.78 is 3.82. The van der Waals surface area contributed by atoms with E-state index in [2.05, 4.69) is 46.8 Å². The molecule has 1 aromatic carbocycles. The van der Waals surface area contributed by atoms with E-state index in [1.807, 2.05) is 29.5 Å². The predicted molar refractivity (Wildman–Crippen MR) is 83.8 cm³/mol. The lowest BCUT2D eigenvalue weighted by molar-refractivity contribution is 0.658. The number of nitrogens with one attached hydrogen (secondary N) is 1. The maximum absolute atomic E-state index is 4.60. The molecule has 3 aromatic rings. The van der Waals surface area contributed by atoms with Crippen molar-refractivity contribution in [2.75, 3.05) is 0 Å². The van der Waals surface area contributed by atoms with Crippen LogP contribution in [0.15, 0.2) is 30.5 Å². The Balaban J connectivity index is 1.72. The van der Waals surface area contributed by atoms with Gasteiger partial charge in [-0.2, -0.15) is 10.2 Å². The van der Waals surface area contributed by atoms with Gasteiger partial charge in [-0.3, -0.25) is 9.36 Å². The minimum absolute atomic E-state index is 0.763. The average Bonchev–Trinajstić information content (AvgIpc) is 3.00. The average molecular weight is 283 g/mol. The molecule has 2 aromatic heterocycles. The number of aromatic nitrogens is 4. The molecule has 3 rings (SSSR count). The normalized spacial score (nSPS) is 11.4. The van der Waals surface area contributed by atoms with Gasteiger partial charge >= 0.3 is 0 Å². The van der Waals surface area contributed by atoms with E-state index in [4.69, 9.17) is 0 Å². The third-order valence-electron chi connectivity index (χ3n) is 3.77. The molecule has 0 aliphatic rings. The van der Waals surface area contributed by atoms with Crippen LogP contribution in [0, 0.1) is 0 Å². The van der Waals surface area contributed by atoms with E-state index in [0.29, 0.717) is 0 Å². The lowest BCUT2D eigenvalue weighted by atomic mass is 10.2. The van der Waals surface area contributed by atoms with Crippen molar-refractivity contribution < 1.29 is 0 Å². The molecule has 0 spiro atoms. The molecule has 0 amide bonds. The maximum atomic E-state index is 4.60. The smallest absolute Gasteiger partial charge is 0.0841 e. The highest BCUT2D eigenvalue weighted by atomic mass is 15.3. The predicted octanol–water partition coefficient (Wildman–Crippen LogP) is 2.16. The second kappa shape index (κ2) is 5.69. The fourth-order valence-corrected chi connectivity index (χ4v) is 2.76. The molecule has 1 N–H and O–H groups in total. The highest BCUT2D eigenvalue weighted by Crippen LogP contribution is 2.17. The molecule has 0 bridgehead atoms.